The van der Waals surface area contributed by atoms with E-state index in [1.807, 2.05) is 0 Å². The Balaban J connectivity index is 1.62. The minimum Gasteiger partial charge on any atom is -0.312 e. The molecule has 18 heavy (non-hydrogen) atoms. The van der Waals surface area contributed by atoms with Gasteiger partial charge in [-0.25, -0.2) is 0 Å². The second kappa shape index (κ2) is 6.62. The van der Waals surface area contributed by atoms with Crippen molar-refractivity contribution in [2.45, 2.75) is 58.0 Å². The van der Waals surface area contributed by atoms with Crippen molar-refractivity contribution < 1.29 is 0 Å². The number of nitrogens with zero attached hydrogens (tertiary/aromatic N) is 1. The molecule has 2 rings (SSSR count). The van der Waals surface area contributed by atoms with Crippen LogP contribution in [0.15, 0.2) is 0 Å². The zero-order chi connectivity index (χ0) is 13.0. The number of hydrogen-bond acceptors (Lipinski definition) is 3. The van der Waals surface area contributed by atoms with Crippen molar-refractivity contribution in [1.29, 1.82) is 0 Å². The number of rotatable bonds is 5. The van der Waals surface area contributed by atoms with Gasteiger partial charge >= 0.3 is 0 Å². The summed E-state index contributed by atoms with van der Waals surface area (Å²) in [6.45, 7) is 7.18. The van der Waals surface area contributed by atoms with E-state index in [4.69, 9.17) is 0 Å². The van der Waals surface area contributed by atoms with Crippen LogP contribution < -0.4 is 5.32 Å². The maximum absolute atomic E-state index is 3.77. The largest absolute Gasteiger partial charge is 0.312 e. The third-order valence-electron chi connectivity index (χ3n) is 4.46. The summed E-state index contributed by atoms with van der Waals surface area (Å²) in [6, 6.07) is 1.60. The van der Waals surface area contributed by atoms with Crippen molar-refractivity contribution in [3.8, 4) is 0 Å². The predicted octanol–water partition coefficient (Wildman–Crippen LogP) is 2.98. The summed E-state index contributed by atoms with van der Waals surface area (Å²) in [7, 11) is 2.30. The molecule has 0 bridgehead atoms. The minimum absolute atomic E-state index is 0.526. The van der Waals surface area contributed by atoms with E-state index in [-0.39, 0.29) is 0 Å². The fourth-order valence-corrected chi connectivity index (χ4v) is 4.67. The second-order valence-electron chi connectivity index (χ2n) is 6.95. The lowest BCUT2D eigenvalue weighted by Crippen LogP contribution is -2.44. The summed E-state index contributed by atoms with van der Waals surface area (Å²) in [4.78, 5) is 2.57. The van der Waals surface area contributed by atoms with Gasteiger partial charge in [-0.15, -0.1) is 0 Å². The first-order chi connectivity index (χ1) is 8.57. The molecule has 0 spiro atoms. The van der Waals surface area contributed by atoms with Gasteiger partial charge in [-0.1, -0.05) is 26.7 Å². The first-order valence-corrected chi connectivity index (χ1v) is 8.74. The van der Waals surface area contributed by atoms with Crippen molar-refractivity contribution in [2.24, 2.45) is 5.41 Å². The third kappa shape index (κ3) is 4.43. The molecule has 1 saturated carbocycles. The van der Waals surface area contributed by atoms with Gasteiger partial charge in [0.05, 0.1) is 0 Å². The van der Waals surface area contributed by atoms with Gasteiger partial charge in [0.1, 0.15) is 0 Å². The molecule has 0 amide bonds. The average Bonchev–Trinajstić information content (AvgIpc) is 2.81. The Morgan fingerprint density at radius 1 is 1.28 bits per heavy atom. The van der Waals surface area contributed by atoms with E-state index in [9.17, 15) is 0 Å². The van der Waals surface area contributed by atoms with Gasteiger partial charge in [0.2, 0.25) is 0 Å². The quantitative estimate of drug-likeness (QED) is 0.827. The fourth-order valence-electron chi connectivity index (χ4n) is 3.37. The molecule has 1 unspecified atom stereocenters. The van der Waals surface area contributed by atoms with Crippen LogP contribution in [0.5, 0.6) is 0 Å². The van der Waals surface area contributed by atoms with Crippen LogP contribution in [0.4, 0.5) is 0 Å². The van der Waals surface area contributed by atoms with Crippen molar-refractivity contribution in [3.05, 3.63) is 0 Å². The lowest BCUT2D eigenvalue weighted by molar-refractivity contribution is 0.236. The minimum atomic E-state index is 0.526. The van der Waals surface area contributed by atoms with Gasteiger partial charge in [-0.2, -0.15) is 11.8 Å². The highest BCUT2D eigenvalue weighted by molar-refractivity contribution is 7.99. The van der Waals surface area contributed by atoms with E-state index in [1.165, 1.54) is 50.2 Å². The molecule has 2 fully saturated rings. The van der Waals surface area contributed by atoms with E-state index in [2.05, 4.69) is 42.9 Å². The lowest BCUT2D eigenvalue weighted by atomic mass is 9.88. The number of likely N-dealkylation sites (N-methyl/N-ethyl adjacent to an activating group) is 1. The molecule has 0 radical (unpaired) electrons. The van der Waals surface area contributed by atoms with Crippen molar-refractivity contribution in [1.82, 2.24) is 10.2 Å². The fraction of sp³-hybridized carbons (Fsp3) is 1.00. The smallest absolute Gasteiger partial charge is 0.0164 e. The Hall–Kier alpha value is 0.270. The second-order valence-corrected chi connectivity index (χ2v) is 7.98. The Morgan fingerprint density at radius 3 is 2.67 bits per heavy atom. The van der Waals surface area contributed by atoms with Gasteiger partial charge in [0.25, 0.3) is 0 Å². The Kier molecular flexibility index (Phi) is 5.40. The molecule has 2 aliphatic rings. The van der Waals surface area contributed by atoms with E-state index >= 15 is 0 Å². The van der Waals surface area contributed by atoms with E-state index in [0.717, 1.165) is 18.6 Å². The van der Waals surface area contributed by atoms with Crippen molar-refractivity contribution in [2.75, 3.05) is 31.6 Å². The van der Waals surface area contributed by atoms with Gasteiger partial charge in [0.15, 0.2) is 0 Å². The Bertz CT molecular complexity index is 249. The van der Waals surface area contributed by atoms with Crippen LogP contribution in [0.2, 0.25) is 0 Å². The average molecular weight is 270 g/mol. The third-order valence-corrected chi connectivity index (χ3v) is 6.08. The topological polar surface area (TPSA) is 15.3 Å². The van der Waals surface area contributed by atoms with Crippen molar-refractivity contribution >= 4 is 11.8 Å². The van der Waals surface area contributed by atoms with Gasteiger partial charge in [0, 0.05) is 30.9 Å². The molecule has 2 nitrogen and oxygen atoms in total. The van der Waals surface area contributed by atoms with Gasteiger partial charge in [-0.3, -0.25) is 0 Å². The first kappa shape index (κ1) is 14.7. The van der Waals surface area contributed by atoms with Crippen LogP contribution in [-0.4, -0.2) is 48.6 Å². The molecule has 1 heterocycles. The number of hydrogen-bond donors (Lipinski definition) is 1. The van der Waals surface area contributed by atoms with E-state index < -0.39 is 0 Å². The normalized spacial score (nSPS) is 29.0. The van der Waals surface area contributed by atoms with Crippen LogP contribution in [0.3, 0.4) is 0 Å². The monoisotopic (exact) mass is 270 g/mol. The van der Waals surface area contributed by atoms with Crippen molar-refractivity contribution in [3.63, 3.8) is 0 Å². The maximum Gasteiger partial charge on any atom is 0.0164 e. The van der Waals surface area contributed by atoms with Gasteiger partial charge in [-0.05, 0) is 37.5 Å². The molecule has 106 valence electrons. The summed E-state index contributed by atoms with van der Waals surface area (Å²) in [5.74, 6) is 2.63. The summed E-state index contributed by atoms with van der Waals surface area (Å²) in [5.41, 5.74) is 0.526. The number of nitrogens with one attached hydrogen (secondary N) is 1. The zero-order valence-corrected chi connectivity index (χ0v) is 13.2. The molecule has 3 heteroatoms. The molecule has 1 N–H and O–H groups in total. The summed E-state index contributed by atoms with van der Waals surface area (Å²) < 4.78 is 0. The highest BCUT2D eigenvalue weighted by Gasteiger charge is 2.28. The maximum atomic E-state index is 3.77. The van der Waals surface area contributed by atoms with Crippen LogP contribution in [-0.2, 0) is 0 Å². The Labute approximate surface area is 117 Å². The van der Waals surface area contributed by atoms with Crippen LogP contribution in [0, 0.1) is 5.41 Å². The highest BCUT2D eigenvalue weighted by Crippen LogP contribution is 2.33. The summed E-state index contributed by atoms with van der Waals surface area (Å²) >= 11 is 2.12. The van der Waals surface area contributed by atoms with E-state index in [1.54, 1.807) is 0 Å². The molecular formula is C15H30N2S. The zero-order valence-electron chi connectivity index (χ0n) is 12.4. The molecule has 0 aromatic carbocycles. The Morgan fingerprint density at radius 2 is 2.00 bits per heavy atom. The molecule has 1 aliphatic carbocycles. The lowest BCUT2D eigenvalue weighted by Gasteiger charge is -2.35. The molecule has 0 aromatic heterocycles. The number of thioether (sulfide) groups is 1. The van der Waals surface area contributed by atoms with Crippen LogP contribution in [0.1, 0.15) is 46.0 Å². The molecule has 1 saturated heterocycles. The van der Waals surface area contributed by atoms with E-state index in [0.29, 0.717) is 5.41 Å². The SMILES string of the molecule is CN(CCNC1CSCC(C)(C)C1)C1CCCC1. The summed E-state index contributed by atoms with van der Waals surface area (Å²) in [6.07, 6.45) is 7.06. The standard InChI is InChI=1S/C15H30N2S/c1-15(2)10-13(11-18-12-15)16-8-9-17(3)14-6-4-5-7-14/h13-14,16H,4-12H2,1-3H3. The molecular weight excluding hydrogens is 240 g/mol. The molecule has 1 aliphatic heterocycles. The highest BCUT2D eigenvalue weighted by atomic mass is 32.2. The van der Waals surface area contributed by atoms with Gasteiger partial charge < -0.3 is 10.2 Å². The molecule has 1 atom stereocenters. The van der Waals surface area contributed by atoms with Crippen LogP contribution in [0.25, 0.3) is 0 Å². The molecule has 0 aromatic rings. The predicted molar refractivity (Wildman–Crippen MR) is 82.4 cm³/mol. The summed E-state index contributed by atoms with van der Waals surface area (Å²) in [5, 5.41) is 3.77. The van der Waals surface area contributed by atoms with Crippen LogP contribution >= 0.6 is 11.8 Å². The first-order valence-electron chi connectivity index (χ1n) is 7.58.